The summed E-state index contributed by atoms with van der Waals surface area (Å²) in [5, 5.41) is 0. The molecule has 1 aromatic carbocycles. The van der Waals surface area contributed by atoms with E-state index in [1.807, 2.05) is 12.1 Å². The van der Waals surface area contributed by atoms with Gasteiger partial charge >= 0.3 is 7.60 Å². The van der Waals surface area contributed by atoms with Gasteiger partial charge in [-0.25, -0.2) is 4.57 Å². The van der Waals surface area contributed by atoms with Gasteiger partial charge in [0.1, 0.15) is 5.75 Å². The second-order valence-corrected chi connectivity index (χ2v) is 5.04. The van der Waals surface area contributed by atoms with Crippen LogP contribution in [0.4, 0.5) is 0 Å². The molecule has 0 bridgehead atoms. The quantitative estimate of drug-likeness (QED) is 0.607. The molecule has 4 nitrogen and oxygen atoms in total. The van der Waals surface area contributed by atoms with Crippen LogP contribution in [0.5, 0.6) is 5.75 Å². The van der Waals surface area contributed by atoms with Gasteiger partial charge in [0, 0.05) is 11.2 Å². The summed E-state index contributed by atoms with van der Waals surface area (Å²) in [4.78, 5) is 0. The van der Waals surface area contributed by atoms with Crippen LogP contribution in [0.2, 0.25) is 0 Å². The number of rotatable bonds is 5. The van der Waals surface area contributed by atoms with Crippen molar-refractivity contribution in [3.8, 4) is 17.3 Å². The summed E-state index contributed by atoms with van der Waals surface area (Å²) in [5.41, 5.74) is 3.27. The Morgan fingerprint density at radius 3 is 2.44 bits per heavy atom. The molecule has 0 aliphatic heterocycles. The van der Waals surface area contributed by atoms with E-state index in [-0.39, 0.29) is 0 Å². The van der Waals surface area contributed by atoms with Gasteiger partial charge in [-0.05, 0) is 32.0 Å². The van der Waals surface area contributed by atoms with Crippen molar-refractivity contribution in [3.05, 3.63) is 29.8 Å². The SMILES string of the molecule is CCOP(=O)(C#Cc1cccc(OC)c1)OCC. The number of ether oxygens (including phenoxy) is 1. The fourth-order valence-corrected chi connectivity index (χ4v) is 2.43. The molecule has 0 saturated carbocycles. The van der Waals surface area contributed by atoms with Crippen molar-refractivity contribution >= 4 is 7.60 Å². The average molecular weight is 268 g/mol. The topological polar surface area (TPSA) is 44.8 Å². The molecule has 1 aromatic rings. The summed E-state index contributed by atoms with van der Waals surface area (Å²) in [7, 11) is -1.73. The Labute approximate surface area is 108 Å². The molecule has 0 amide bonds. The maximum atomic E-state index is 12.1. The fraction of sp³-hybridized carbons (Fsp3) is 0.385. The van der Waals surface area contributed by atoms with Gasteiger partial charge < -0.3 is 4.74 Å². The molecule has 1 rings (SSSR count). The highest BCUT2D eigenvalue weighted by molar-refractivity contribution is 7.59. The van der Waals surface area contributed by atoms with E-state index in [1.165, 1.54) is 0 Å². The summed E-state index contributed by atoms with van der Waals surface area (Å²) < 4.78 is 27.3. The molecule has 0 aliphatic carbocycles. The first kappa shape index (κ1) is 14.8. The van der Waals surface area contributed by atoms with Crippen LogP contribution in [0.3, 0.4) is 0 Å². The smallest absolute Gasteiger partial charge is 0.405 e. The lowest BCUT2D eigenvalue weighted by molar-refractivity contribution is 0.230. The van der Waals surface area contributed by atoms with Crippen LogP contribution in [0.15, 0.2) is 24.3 Å². The Kier molecular flexibility index (Phi) is 5.94. The van der Waals surface area contributed by atoms with Crippen LogP contribution in [0, 0.1) is 11.6 Å². The molecule has 0 aliphatic rings. The highest BCUT2D eigenvalue weighted by Crippen LogP contribution is 2.46. The average Bonchev–Trinajstić information content (AvgIpc) is 2.37. The van der Waals surface area contributed by atoms with Crippen molar-refractivity contribution in [1.29, 1.82) is 0 Å². The normalized spacial score (nSPS) is 10.6. The number of hydrogen-bond donors (Lipinski definition) is 0. The molecule has 0 heterocycles. The first-order valence-corrected chi connectivity index (χ1v) is 7.24. The van der Waals surface area contributed by atoms with Crippen molar-refractivity contribution in [3.63, 3.8) is 0 Å². The minimum atomic E-state index is -3.31. The number of hydrogen-bond acceptors (Lipinski definition) is 4. The van der Waals surface area contributed by atoms with E-state index in [0.717, 1.165) is 0 Å². The molecule has 0 aromatic heterocycles. The van der Waals surface area contributed by atoms with Crippen molar-refractivity contribution in [1.82, 2.24) is 0 Å². The van der Waals surface area contributed by atoms with Gasteiger partial charge in [-0.1, -0.05) is 12.0 Å². The summed E-state index contributed by atoms with van der Waals surface area (Å²) in [6.45, 7) is 4.09. The summed E-state index contributed by atoms with van der Waals surface area (Å²) >= 11 is 0. The van der Waals surface area contributed by atoms with Crippen LogP contribution >= 0.6 is 7.60 Å². The standard InChI is InChI=1S/C13H17O4P/c1-4-16-18(14,17-5-2)10-9-12-7-6-8-13(11-12)15-3/h6-8,11H,4-5H2,1-3H3. The lowest BCUT2D eigenvalue weighted by atomic mass is 10.2. The van der Waals surface area contributed by atoms with E-state index in [0.29, 0.717) is 24.5 Å². The van der Waals surface area contributed by atoms with Gasteiger partial charge in [0.15, 0.2) is 0 Å². The Bertz CT molecular complexity index is 477. The monoisotopic (exact) mass is 268 g/mol. The lowest BCUT2D eigenvalue weighted by Gasteiger charge is -2.09. The molecular weight excluding hydrogens is 251 g/mol. The summed E-state index contributed by atoms with van der Waals surface area (Å²) in [6, 6.07) is 7.19. The minimum absolute atomic E-state index is 0.296. The molecular formula is C13H17O4P. The first-order valence-electron chi connectivity index (χ1n) is 5.70. The molecule has 0 spiro atoms. The van der Waals surface area contributed by atoms with Gasteiger partial charge in [-0.3, -0.25) is 9.05 Å². The van der Waals surface area contributed by atoms with Crippen molar-refractivity contribution < 1.29 is 18.3 Å². The maximum Gasteiger partial charge on any atom is 0.405 e. The predicted molar refractivity (Wildman–Crippen MR) is 70.7 cm³/mol. The molecule has 0 unspecified atom stereocenters. The lowest BCUT2D eigenvalue weighted by Crippen LogP contribution is -1.93. The van der Waals surface area contributed by atoms with E-state index in [1.54, 1.807) is 33.1 Å². The van der Waals surface area contributed by atoms with Crippen LogP contribution in [-0.2, 0) is 13.6 Å². The zero-order valence-corrected chi connectivity index (χ0v) is 11.7. The highest BCUT2D eigenvalue weighted by Gasteiger charge is 2.19. The molecule has 0 radical (unpaired) electrons. The second-order valence-electron chi connectivity index (χ2n) is 3.30. The van der Waals surface area contributed by atoms with Gasteiger partial charge in [-0.2, -0.15) is 0 Å². The second kappa shape index (κ2) is 7.23. The third-order valence-electron chi connectivity index (χ3n) is 2.01. The third-order valence-corrected chi connectivity index (χ3v) is 3.59. The third kappa shape index (κ3) is 4.54. The Morgan fingerprint density at radius 1 is 1.22 bits per heavy atom. The van der Waals surface area contributed by atoms with Crippen molar-refractivity contribution in [2.45, 2.75) is 13.8 Å². The summed E-state index contributed by atoms with van der Waals surface area (Å²) in [6.07, 6.45) is 0. The van der Waals surface area contributed by atoms with E-state index in [4.69, 9.17) is 13.8 Å². The number of benzene rings is 1. The molecule has 0 fully saturated rings. The predicted octanol–water partition coefficient (Wildman–Crippen LogP) is 3.27. The van der Waals surface area contributed by atoms with Crippen molar-refractivity contribution in [2.75, 3.05) is 20.3 Å². The van der Waals surface area contributed by atoms with Crippen LogP contribution < -0.4 is 4.74 Å². The van der Waals surface area contributed by atoms with E-state index in [9.17, 15) is 4.57 Å². The Hall–Kier alpha value is -1.27. The van der Waals surface area contributed by atoms with Crippen LogP contribution in [0.25, 0.3) is 0 Å². The van der Waals surface area contributed by atoms with Gasteiger partial charge in [-0.15, -0.1) is 0 Å². The molecule has 98 valence electrons. The highest BCUT2D eigenvalue weighted by atomic mass is 31.2. The van der Waals surface area contributed by atoms with Crippen LogP contribution in [-0.4, -0.2) is 20.3 Å². The van der Waals surface area contributed by atoms with E-state index < -0.39 is 7.60 Å². The largest absolute Gasteiger partial charge is 0.497 e. The Balaban J connectivity index is 2.93. The first-order chi connectivity index (χ1) is 8.63. The Morgan fingerprint density at radius 2 is 1.89 bits per heavy atom. The molecule has 0 N–H and O–H groups in total. The molecule has 18 heavy (non-hydrogen) atoms. The zero-order valence-electron chi connectivity index (χ0n) is 10.8. The van der Waals surface area contributed by atoms with E-state index in [2.05, 4.69) is 11.6 Å². The minimum Gasteiger partial charge on any atom is -0.497 e. The fourth-order valence-electron chi connectivity index (χ4n) is 1.28. The molecule has 0 atom stereocenters. The number of methoxy groups -OCH3 is 1. The van der Waals surface area contributed by atoms with Gasteiger partial charge in [0.05, 0.1) is 20.3 Å². The van der Waals surface area contributed by atoms with Gasteiger partial charge in [0.2, 0.25) is 0 Å². The van der Waals surface area contributed by atoms with Gasteiger partial charge in [0.25, 0.3) is 0 Å². The van der Waals surface area contributed by atoms with E-state index >= 15 is 0 Å². The van der Waals surface area contributed by atoms with Crippen LogP contribution in [0.1, 0.15) is 19.4 Å². The molecule has 0 saturated heterocycles. The molecule has 5 heteroatoms. The van der Waals surface area contributed by atoms with Crippen molar-refractivity contribution in [2.24, 2.45) is 0 Å². The summed E-state index contributed by atoms with van der Waals surface area (Å²) in [5.74, 6) is 3.49. The maximum absolute atomic E-state index is 12.1. The zero-order chi connectivity index (χ0) is 13.4.